The van der Waals surface area contributed by atoms with Crippen molar-refractivity contribution in [1.29, 1.82) is 0 Å². The third-order valence-electron chi connectivity index (χ3n) is 2.94. The third-order valence-corrected chi connectivity index (χ3v) is 2.94. The molecule has 0 aliphatic carbocycles. The van der Waals surface area contributed by atoms with Crippen LogP contribution in [0.25, 0.3) is 16.8 Å². The van der Waals surface area contributed by atoms with Gasteiger partial charge >= 0.3 is 0 Å². The molecule has 0 N–H and O–H groups in total. The van der Waals surface area contributed by atoms with Crippen molar-refractivity contribution in [2.24, 2.45) is 0 Å². The molecule has 98 valence electrons. The number of nitro benzene ring substituents is 1. The van der Waals surface area contributed by atoms with Gasteiger partial charge in [-0.2, -0.15) is 0 Å². The summed E-state index contributed by atoms with van der Waals surface area (Å²) in [6.07, 6.45) is 1.60. The molecule has 0 heterocycles. The zero-order valence-electron chi connectivity index (χ0n) is 10.7. The molecule has 0 aromatic heterocycles. The van der Waals surface area contributed by atoms with Gasteiger partial charge in [-0.05, 0) is 11.5 Å². The number of ether oxygens (including phenoxy) is 2. The molecule has 5 heteroatoms. The maximum absolute atomic E-state index is 11.1. The summed E-state index contributed by atoms with van der Waals surface area (Å²) in [4.78, 5) is 10.7. The van der Waals surface area contributed by atoms with Crippen LogP contribution >= 0.6 is 0 Å². The van der Waals surface area contributed by atoms with Crippen molar-refractivity contribution >= 4 is 22.5 Å². The lowest BCUT2D eigenvalue weighted by molar-refractivity contribution is -0.383. The minimum absolute atomic E-state index is 0.0292. The molecule has 0 saturated heterocycles. The molecule has 2 rings (SSSR count). The van der Waals surface area contributed by atoms with E-state index in [1.807, 2.05) is 0 Å². The van der Waals surface area contributed by atoms with Gasteiger partial charge in [-0.15, -0.1) is 0 Å². The van der Waals surface area contributed by atoms with Gasteiger partial charge in [-0.1, -0.05) is 24.8 Å². The first kappa shape index (κ1) is 12.9. The highest BCUT2D eigenvalue weighted by Crippen LogP contribution is 2.40. The zero-order chi connectivity index (χ0) is 14.0. The van der Waals surface area contributed by atoms with Gasteiger partial charge < -0.3 is 9.47 Å². The van der Waals surface area contributed by atoms with Crippen LogP contribution in [0.5, 0.6) is 11.5 Å². The fourth-order valence-electron chi connectivity index (χ4n) is 2.12. The van der Waals surface area contributed by atoms with E-state index in [1.54, 1.807) is 24.3 Å². The minimum Gasteiger partial charge on any atom is -0.493 e. The molecule has 19 heavy (non-hydrogen) atoms. The van der Waals surface area contributed by atoms with Crippen molar-refractivity contribution in [2.45, 2.75) is 0 Å². The van der Waals surface area contributed by atoms with Crippen molar-refractivity contribution in [3.05, 3.63) is 46.5 Å². The van der Waals surface area contributed by atoms with Gasteiger partial charge in [0, 0.05) is 11.6 Å². The van der Waals surface area contributed by atoms with E-state index in [-0.39, 0.29) is 5.69 Å². The van der Waals surface area contributed by atoms with Gasteiger partial charge in [0.25, 0.3) is 5.69 Å². The van der Waals surface area contributed by atoms with Crippen LogP contribution < -0.4 is 9.47 Å². The Morgan fingerprint density at radius 2 is 2.00 bits per heavy atom. The topological polar surface area (TPSA) is 61.6 Å². The fourth-order valence-corrected chi connectivity index (χ4v) is 2.12. The van der Waals surface area contributed by atoms with Crippen LogP contribution in [0.4, 0.5) is 5.69 Å². The number of nitro groups is 1. The molecular weight excluding hydrogens is 246 g/mol. The quantitative estimate of drug-likeness (QED) is 0.623. The second kappa shape index (κ2) is 4.97. The lowest BCUT2D eigenvalue weighted by Gasteiger charge is -2.13. The Balaban J connectivity index is 2.96. The first-order chi connectivity index (χ1) is 9.13. The van der Waals surface area contributed by atoms with Gasteiger partial charge in [0.2, 0.25) is 0 Å². The van der Waals surface area contributed by atoms with E-state index in [0.29, 0.717) is 27.8 Å². The Hall–Kier alpha value is -2.56. The van der Waals surface area contributed by atoms with Crippen molar-refractivity contribution in [1.82, 2.24) is 0 Å². The third kappa shape index (κ3) is 1.99. The normalized spacial score (nSPS) is 10.2. The second-order valence-electron chi connectivity index (χ2n) is 3.86. The highest BCUT2D eigenvalue weighted by Gasteiger charge is 2.18. The average Bonchev–Trinajstić information content (AvgIpc) is 2.43. The summed E-state index contributed by atoms with van der Waals surface area (Å²) in [7, 11) is 3.01. The molecule has 0 radical (unpaired) electrons. The Bertz CT molecular complexity index is 664. The number of rotatable bonds is 4. The number of fused-ring (bicyclic) bond motifs is 1. The summed E-state index contributed by atoms with van der Waals surface area (Å²) in [5.41, 5.74) is 0.710. The first-order valence-electron chi connectivity index (χ1n) is 5.58. The van der Waals surface area contributed by atoms with E-state index in [2.05, 4.69) is 6.58 Å². The minimum atomic E-state index is -0.416. The maximum Gasteiger partial charge on any atom is 0.277 e. The summed E-state index contributed by atoms with van der Waals surface area (Å²) in [5.74, 6) is 0.963. The molecule has 0 unspecified atom stereocenters. The number of nitrogens with zero attached hydrogens (tertiary/aromatic N) is 1. The van der Waals surface area contributed by atoms with E-state index < -0.39 is 4.92 Å². The van der Waals surface area contributed by atoms with Crippen LogP contribution in [0.3, 0.4) is 0 Å². The van der Waals surface area contributed by atoms with Crippen LogP contribution in [0.15, 0.2) is 30.8 Å². The summed E-state index contributed by atoms with van der Waals surface area (Å²) in [6, 6.07) is 6.50. The van der Waals surface area contributed by atoms with Crippen LogP contribution in [-0.4, -0.2) is 19.1 Å². The molecule has 0 saturated carbocycles. The molecule has 5 nitrogen and oxygen atoms in total. The highest BCUT2D eigenvalue weighted by molar-refractivity contribution is 6.00. The molecule has 0 aliphatic heterocycles. The van der Waals surface area contributed by atoms with Gasteiger partial charge in [0.1, 0.15) is 0 Å². The molecule has 0 spiro atoms. The average molecular weight is 259 g/mol. The molecule has 0 aliphatic rings. The van der Waals surface area contributed by atoms with E-state index in [9.17, 15) is 10.1 Å². The molecule has 2 aromatic rings. The monoisotopic (exact) mass is 259 g/mol. The first-order valence-corrected chi connectivity index (χ1v) is 5.58. The van der Waals surface area contributed by atoms with Gasteiger partial charge in [-0.3, -0.25) is 10.1 Å². The van der Waals surface area contributed by atoms with Crippen molar-refractivity contribution < 1.29 is 14.4 Å². The van der Waals surface area contributed by atoms with E-state index in [1.165, 1.54) is 20.3 Å². The fraction of sp³-hybridized carbons (Fsp3) is 0.143. The maximum atomic E-state index is 11.1. The molecule has 0 amide bonds. The van der Waals surface area contributed by atoms with E-state index >= 15 is 0 Å². The van der Waals surface area contributed by atoms with Crippen molar-refractivity contribution in [3.8, 4) is 11.5 Å². The lowest BCUT2D eigenvalue weighted by atomic mass is 10.0. The standard InChI is InChI=1S/C14H13NO4/c1-4-9-10-6-5-7-12(15(16)17)11(10)8-13(18-2)14(9)19-3/h4-8H,1H2,2-3H3. The smallest absolute Gasteiger partial charge is 0.277 e. The van der Waals surface area contributed by atoms with Gasteiger partial charge in [0.05, 0.1) is 24.5 Å². The van der Waals surface area contributed by atoms with Gasteiger partial charge in [0.15, 0.2) is 11.5 Å². The number of benzene rings is 2. The Labute approximate surface area is 110 Å². The van der Waals surface area contributed by atoms with Crippen LogP contribution in [0.1, 0.15) is 5.56 Å². The predicted molar refractivity (Wildman–Crippen MR) is 73.8 cm³/mol. The van der Waals surface area contributed by atoms with E-state index in [4.69, 9.17) is 9.47 Å². The number of hydrogen-bond acceptors (Lipinski definition) is 4. The number of methoxy groups -OCH3 is 2. The Kier molecular flexibility index (Phi) is 3.37. The van der Waals surface area contributed by atoms with E-state index in [0.717, 1.165) is 0 Å². The Morgan fingerprint density at radius 3 is 2.53 bits per heavy atom. The molecule has 0 atom stereocenters. The highest BCUT2D eigenvalue weighted by atomic mass is 16.6. The largest absolute Gasteiger partial charge is 0.493 e. The zero-order valence-corrected chi connectivity index (χ0v) is 10.7. The summed E-state index contributed by atoms with van der Waals surface area (Å²) in [5, 5.41) is 12.3. The lowest BCUT2D eigenvalue weighted by Crippen LogP contribution is -1.96. The number of hydrogen-bond donors (Lipinski definition) is 0. The predicted octanol–water partition coefficient (Wildman–Crippen LogP) is 3.41. The Morgan fingerprint density at radius 1 is 1.26 bits per heavy atom. The molecule has 0 bridgehead atoms. The SMILES string of the molecule is C=Cc1c(OC)c(OC)cc2c([N+](=O)[O-])cccc12. The number of non-ortho nitro benzene ring substituents is 1. The molecular formula is C14H13NO4. The molecule has 0 fully saturated rings. The van der Waals surface area contributed by atoms with Crippen LogP contribution in [0.2, 0.25) is 0 Å². The summed E-state index contributed by atoms with van der Waals surface area (Å²) < 4.78 is 10.5. The molecule has 2 aromatic carbocycles. The summed E-state index contributed by atoms with van der Waals surface area (Å²) >= 11 is 0. The summed E-state index contributed by atoms with van der Waals surface area (Å²) in [6.45, 7) is 3.73. The second-order valence-corrected chi connectivity index (χ2v) is 3.86. The van der Waals surface area contributed by atoms with Crippen LogP contribution in [-0.2, 0) is 0 Å². The van der Waals surface area contributed by atoms with Crippen molar-refractivity contribution in [3.63, 3.8) is 0 Å². The van der Waals surface area contributed by atoms with Crippen LogP contribution in [0, 0.1) is 10.1 Å². The van der Waals surface area contributed by atoms with Gasteiger partial charge in [-0.25, -0.2) is 0 Å². The van der Waals surface area contributed by atoms with Crippen molar-refractivity contribution in [2.75, 3.05) is 14.2 Å².